The number of hydrogen-bond donors (Lipinski definition) is 0. The largest absolute Gasteiger partial charge is 0.496 e. The first-order chi connectivity index (χ1) is 17.8. The number of rotatable bonds is 6. The van der Waals surface area contributed by atoms with Gasteiger partial charge in [0.15, 0.2) is 0 Å². The molecule has 0 aromatic heterocycles. The monoisotopic (exact) mass is 536 g/mol. The van der Waals surface area contributed by atoms with Crippen molar-refractivity contribution >= 4 is 5.69 Å². The second-order valence-corrected chi connectivity index (χ2v) is 9.83. The molecule has 1 aliphatic heterocycles. The Hall–Kier alpha value is -3.20. The first kappa shape index (κ1) is 27.8. The van der Waals surface area contributed by atoms with Crippen molar-refractivity contribution in [2.45, 2.75) is 38.2 Å². The number of alkyl halides is 6. The van der Waals surface area contributed by atoms with Crippen LogP contribution in [0.3, 0.4) is 0 Å². The summed E-state index contributed by atoms with van der Waals surface area (Å²) in [5.41, 5.74) is -0.642. The topological polar surface area (TPSA) is 15.7 Å². The molecule has 0 spiro atoms. The fourth-order valence-corrected chi connectivity index (χ4v) is 5.34. The molecule has 204 valence electrons. The number of hydrogen-bond acceptors (Lipinski definition) is 3. The Kier molecular flexibility index (Phi) is 7.70. The number of para-hydroxylation sites is 2. The molecule has 1 heterocycles. The molecule has 3 aromatic rings. The Morgan fingerprint density at radius 3 is 1.87 bits per heavy atom. The lowest BCUT2D eigenvalue weighted by Gasteiger charge is -2.47. The molecule has 0 saturated carbocycles. The lowest BCUT2D eigenvalue weighted by atomic mass is 9.82. The molecule has 1 unspecified atom stereocenters. The summed E-state index contributed by atoms with van der Waals surface area (Å²) in [6.07, 6.45) is -9.88. The van der Waals surface area contributed by atoms with Crippen LogP contribution in [0.1, 0.15) is 34.7 Å². The molecule has 0 bridgehead atoms. The minimum Gasteiger partial charge on any atom is -0.496 e. The number of methoxy groups -OCH3 is 1. The molecule has 4 rings (SSSR count). The first-order valence-corrected chi connectivity index (χ1v) is 12.3. The van der Waals surface area contributed by atoms with E-state index >= 15 is 0 Å². The van der Waals surface area contributed by atoms with Crippen LogP contribution in [0.4, 0.5) is 32.0 Å². The van der Waals surface area contributed by atoms with E-state index in [1.54, 1.807) is 18.2 Å². The van der Waals surface area contributed by atoms with E-state index in [0.29, 0.717) is 37.5 Å². The highest BCUT2D eigenvalue weighted by Gasteiger charge is 2.41. The van der Waals surface area contributed by atoms with Gasteiger partial charge in [-0.2, -0.15) is 26.3 Å². The molecule has 1 atom stereocenters. The predicted octanol–water partition coefficient (Wildman–Crippen LogP) is 7.32. The minimum atomic E-state index is -4.91. The maximum Gasteiger partial charge on any atom is 0.416 e. The Balaban J connectivity index is 1.74. The molecular weight excluding hydrogens is 506 g/mol. The van der Waals surface area contributed by atoms with Gasteiger partial charge in [-0.3, -0.25) is 4.90 Å². The standard InChI is InChI=1S/C29H30F6N2O/c1-20-8-4-6-10-25(20)36-12-14-37(15-13-36)27(2,24-9-5-7-11-26(24)38-3)19-21-16-22(28(30,31)32)18-23(17-21)29(33,34)35/h4-11,16-18H,12-15,19H2,1-3H3. The fourth-order valence-electron chi connectivity index (χ4n) is 5.34. The lowest BCUT2D eigenvalue weighted by molar-refractivity contribution is -0.143. The van der Waals surface area contributed by atoms with Gasteiger partial charge in [-0.05, 0) is 61.7 Å². The van der Waals surface area contributed by atoms with Crippen LogP contribution in [0.25, 0.3) is 0 Å². The molecule has 1 fully saturated rings. The molecule has 1 aliphatic rings. The molecular formula is C29H30F6N2O. The average molecular weight is 537 g/mol. The van der Waals surface area contributed by atoms with Crippen LogP contribution in [0.15, 0.2) is 66.7 Å². The van der Waals surface area contributed by atoms with E-state index in [1.807, 2.05) is 44.2 Å². The van der Waals surface area contributed by atoms with E-state index in [9.17, 15) is 26.3 Å². The van der Waals surface area contributed by atoms with Crippen LogP contribution in [0.5, 0.6) is 5.75 Å². The zero-order valence-electron chi connectivity index (χ0n) is 21.5. The van der Waals surface area contributed by atoms with E-state index in [0.717, 1.165) is 23.4 Å². The van der Waals surface area contributed by atoms with Gasteiger partial charge in [0.05, 0.1) is 23.8 Å². The van der Waals surface area contributed by atoms with Gasteiger partial charge in [0.2, 0.25) is 0 Å². The summed E-state index contributed by atoms with van der Waals surface area (Å²) in [6, 6.07) is 17.0. The molecule has 1 saturated heterocycles. The number of aryl methyl sites for hydroxylation is 1. The van der Waals surface area contributed by atoms with Crippen molar-refractivity contribution in [3.63, 3.8) is 0 Å². The van der Waals surface area contributed by atoms with E-state index in [1.165, 1.54) is 7.11 Å². The zero-order chi connectivity index (χ0) is 27.7. The van der Waals surface area contributed by atoms with Crippen LogP contribution in [-0.4, -0.2) is 38.2 Å². The van der Waals surface area contributed by atoms with Crippen molar-refractivity contribution in [3.8, 4) is 5.75 Å². The molecule has 0 N–H and O–H groups in total. The third-order valence-corrected chi connectivity index (χ3v) is 7.32. The highest BCUT2D eigenvalue weighted by atomic mass is 19.4. The van der Waals surface area contributed by atoms with Crippen molar-refractivity contribution in [3.05, 3.63) is 94.5 Å². The molecule has 9 heteroatoms. The summed E-state index contributed by atoms with van der Waals surface area (Å²) in [5.74, 6) is 0.527. The Bertz CT molecular complexity index is 1230. The Labute approximate surface area is 218 Å². The maximum atomic E-state index is 13.6. The molecule has 3 nitrogen and oxygen atoms in total. The van der Waals surface area contributed by atoms with Crippen molar-refractivity contribution < 1.29 is 31.1 Å². The first-order valence-electron chi connectivity index (χ1n) is 12.3. The van der Waals surface area contributed by atoms with Crippen LogP contribution < -0.4 is 9.64 Å². The van der Waals surface area contributed by atoms with Crippen LogP contribution in [-0.2, 0) is 24.3 Å². The predicted molar refractivity (Wildman–Crippen MR) is 135 cm³/mol. The number of nitrogens with zero attached hydrogens (tertiary/aromatic N) is 2. The van der Waals surface area contributed by atoms with Gasteiger partial charge < -0.3 is 9.64 Å². The minimum absolute atomic E-state index is 0.0399. The van der Waals surface area contributed by atoms with Gasteiger partial charge in [0, 0.05) is 37.4 Å². The van der Waals surface area contributed by atoms with Gasteiger partial charge in [-0.1, -0.05) is 36.4 Å². The number of halogens is 6. The average Bonchev–Trinajstić information content (AvgIpc) is 2.88. The van der Waals surface area contributed by atoms with Gasteiger partial charge in [0.25, 0.3) is 0 Å². The Morgan fingerprint density at radius 2 is 1.32 bits per heavy atom. The molecule has 38 heavy (non-hydrogen) atoms. The SMILES string of the molecule is COc1ccccc1C(C)(Cc1cc(C(F)(F)F)cc(C(F)(F)F)c1)N1CCN(c2ccccc2C)CC1. The lowest BCUT2D eigenvalue weighted by Crippen LogP contribution is -2.55. The normalized spacial score (nSPS) is 16.8. The highest BCUT2D eigenvalue weighted by molar-refractivity contribution is 5.53. The Morgan fingerprint density at radius 1 is 0.763 bits per heavy atom. The van der Waals surface area contributed by atoms with Gasteiger partial charge in [-0.15, -0.1) is 0 Å². The van der Waals surface area contributed by atoms with Gasteiger partial charge in [0.1, 0.15) is 5.75 Å². The zero-order valence-corrected chi connectivity index (χ0v) is 21.5. The van der Waals surface area contributed by atoms with Crippen LogP contribution >= 0.6 is 0 Å². The third-order valence-electron chi connectivity index (χ3n) is 7.32. The van der Waals surface area contributed by atoms with Crippen molar-refractivity contribution in [2.24, 2.45) is 0 Å². The van der Waals surface area contributed by atoms with E-state index in [-0.39, 0.29) is 18.1 Å². The quantitative estimate of drug-likeness (QED) is 0.307. The summed E-state index contributed by atoms with van der Waals surface area (Å²) >= 11 is 0. The van der Waals surface area contributed by atoms with E-state index in [2.05, 4.69) is 9.80 Å². The number of anilines is 1. The van der Waals surface area contributed by atoms with E-state index in [4.69, 9.17) is 4.74 Å². The van der Waals surface area contributed by atoms with Crippen LogP contribution in [0, 0.1) is 6.92 Å². The molecule has 0 aliphatic carbocycles. The molecule has 3 aromatic carbocycles. The van der Waals surface area contributed by atoms with Gasteiger partial charge >= 0.3 is 12.4 Å². The van der Waals surface area contributed by atoms with Crippen molar-refractivity contribution in [1.82, 2.24) is 4.90 Å². The van der Waals surface area contributed by atoms with E-state index < -0.39 is 29.0 Å². The number of benzene rings is 3. The fraction of sp³-hybridized carbons (Fsp3) is 0.379. The summed E-state index contributed by atoms with van der Waals surface area (Å²) in [6.45, 7) is 6.34. The summed E-state index contributed by atoms with van der Waals surface area (Å²) < 4.78 is 87.2. The second-order valence-electron chi connectivity index (χ2n) is 9.83. The maximum absolute atomic E-state index is 13.6. The van der Waals surface area contributed by atoms with Crippen LogP contribution in [0.2, 0.25) is 0 Å². The molecule has 0 amide bonds. The third kappa shape index (κ3) is 5.77. The summed E-state index contributed by atoms with van der Waals surface area (Å²) in [4.78, 5) is 4.38. The molecule has 0 radical (unpaired) electrons. The van der Waals surface area contributed by atoms with Crippen molar-refractivity contribution in [1.29, 1.82) is 0 Å². The summed E-state index contributed by atoms with van der Waals surface area (Å²) in [7, 11) is 1.50. The second kappa shape index (κ2) is 10.5. The highest BCUT2D eigenvalue weighted by Crippen LogP contribution is 2.42. The smallest absolute Gasteiger partial charge is 0.416 e. The summed E-state index contributed by atoms with van der Waals surface area (Å²) in [5, 5.41) is 0. The van der Waals surface area contributed by atoms with Crippen molar-refractivity contribution in [2.75, 3.05) is 38.2 Å². The number of ether oxygens (including phenoxy) is 1. The number of piperazine rings is 1. The van der Waals surface area contributed by atoms with Gasteiger partial charge in [-0.25, -0.2) is 0 Å².